The molecule has 1 aliphatic rings. The molecule has 1 atom stereocenters. The number of hydrogen-bond acceptors (Lipinski definition) is 4. The quantitative estimate of drug-likeness (QED) is 0.789. The molecule has 0 unspecified atom stereocenters. The fourth-order valence-electron chi connectivity index (χ4n) is 2.02. The van der Waals surface area contributed by atoms with Gasteiger partial charge in [0, 0.05) is 5.02 Å². The van der Waals surface area contributed by atoms with Crippen molar-refractivity contribution in [1.82, 2.24) is 4.72 Å². The van der Waals surface area contributed by atoms with Crippen molar-refractivity contribution in [2.45, 2.75) is 37.1 Å². The number of nitrogens with one attached hydrogen (secondary N) is 1. The summed E-state index contributed by atoms with van der Waals surface area (Å²) >= 11 is 5.86. The second-order valence-electron chi connectivity index (χ2n) is 5.38. The lowest BCUT2D eigenvalue weighted by molar-refractivity contribution is -0.138. The van der Waals surface area contributed by atoms with E-state index in [-0.39, 0.29) is 15.7 Å². The van der Waals surface area contributed by atoms with Crippen molar-refractivity contribution < 1.29 is 23.1 Å². The third-order valence-electron chi connectivity index (χ3n) is 3.60. The molecule has 6 nitrogen and oxygen atoms in total. The lowest BCUT2D eigenvalue weighted by atomic mass is 9.86. The Balaban J connectivity index is 2.22. The Morgan fingerprint density at radius 3 is 2.73 bits per heavy atom. The first kappa shape index (κ1) is 17.1. The largest absolute Gasteiger partial charge is 0.492 e. The molecule has 0 heterocycles. The normalized spacial score (nSPS) is 16.8. The van der Waals surface area contributed by atoms with Crippen LogP contribution in [-0.2, 0) is 14.8 Å². The van der Waals surface area contributed by atoms with Crippen LogP contribution in [0.5, 0.6) is 5.75 Å². The van der Waals surface area contributed by atoms with E-state index >= 15 is 0 Å². The summed E-state index contributed by atoms with van der Waals surface area (Å²) in [5, 5.41) is 9.08. The van der Waals surface area contributed by atoms with Crippen LogP contribution in [0.15, 0.2) is 23.1 Å². The van der Waals surface area contributed by atoms with Gasteiger partial charge in [-0.1, -0.05) is 18.0 Å². The summed E-state index contributed by atoms with van der Waals surface area (Å²) in [5.74, 6) is -0.638. The molecule has 0 saturated heterocycles. The van der Waals surface area contributed by atoms with Gasteiger partial charge in [0.25, 0.3) is 0 Å². The van der Waals surface area contributed by atoms with Crippen molar-refractivity contribution in [3.63, 3.8) is 0 Å². The Bertz CT molecular complexity index is 657. The molecule has 22 heavy (non-hydrogen) atoms. The number of carboxylic acids is 1. The maximum Gasteiger partial charge on any atom is 0.321 e. The minimum absolute atomic E-state index is 0.146. The SMILES string of the molecule is C[C@H](NS(=O)(=O)c1cc(Cl)ccc1OCC1CCC1)C(=O)O. The summed E-state index contributed by atoms with van der Waals surface area (Å²) in [6, 6.07) is 3.04. The second-order valence-corrected chi connectivity index (χ2v) is 7.50. The first-order valence-electron chi connectivity index (χ1n) is 6.97. The summed E-state index contributed by atoms with van der Waals surface area (Å²) in [7, 11) is -4.03. The molecule has 2 N–H and O–H groups in total. The predicted octanol–water partition coefficient (Wildman–Crippen LogP) is 2.27. The second kappa shape index (κ2) is 6.85. The molecule has 1 fully saturated rings. The van der Waals surface area contributed by atoms with Gasteiger partial charge in [0.15, 0.2) is 0 Å². The summed E-state index contributed by atoms with van der Waals surface area (Å²) in [6.07, 6.45) is 3.31. The van der Waals surface area contributed by atoms with Crippen LogP contribution in [0.4, 0.5) is 0 Å². The standard InChI is InChI=1S/C14H18ClNO5S/c1-9(14(17)18)16-22(19,20)13-7-11(15)5-6-12(13)21-8-10-3-2-4-10/h5-7,9-10,16H,2-4,8H2,1H3,(H,17,18)/t9-/m0/s1. The van der Waals surface area contributed by atoms with Crippen molar-refractivity contribution in [2.75, 3.05) is 6.61 Å². The summed E-state index contributed by atoms with van der Waals surface area (Å²) in [6.45, 7) is 1.69. The zero-order valence-electron chi connectivity index (χ0n) is 12.1. The Kier molecular flexibility index (Phi) is 5.31. The molecular weight excluding hydrogens is 330 g/mol. The lowest BCUT2D eigenvalue weighted by Gasteiger charge is -2.25. The fraction of sp³-hybridized carbons (Fsp3) is 0.500. The highest BCUT2D eigenvalue weighted by Crippen LogP contribution is 2.31. The maximum absolute atomic E-state index is 12.3. The van der Waals surface area contributed by atoms with E-state index in [2.05, 4.69) is 4.72 Å². The van der Waals surface area contributed by atoms with Crippen LogP contribution >= 0.6 is 11.6 Å². The number of carbonyl (C=O) groups is 1. The first-order valence-corrected chi connectivity index (χ1v) is 8.83. The molecule has 1 saturated carbocycles. The number of aliphatic carboxylic acids is 1. The number of halogens is 1. The number of rotatable bonds is 7. The molecule has 0 bridgehead atoms. The molecule has 0 spiro atoms. The third-order valence-corrected chi connectivity index (χ3v) is 5.39. The number of sulfonamides is 1. The van der Waals surface area contributed by atoms with Crippen molar-refractivity contribution >= 4 is 27.6 Å². The third kappa shape index (κ3) is 4.12. The minimum atomic E-state index is -4.03. The Morgan fingerprint density at radius 2 is 2.18 bits per heavy atom. The highest BCUT2D eigenvalue weighted by Gasteiger charge is 2.26. The lowest BCUT2D eigenvalue weighted by Crippen LogP contribution is -2.38. The van der Waals surface area contributed by atoms with Gasteiger partial charge in [-0.25, -0.2) is 8.42 Å². The van der Waals surface area contributed by atoms with E-state index in [0.717, 1.165) is 19.3 Å². The Morgan fingerprint density at radius 1 is 1.50 bits per heavy atom. The average molecular weight is 348 g/mol. The summed E-state index contributed by atoms with van der Waals surface area (Å²) in [5.41, 5.74) is 0. The zero-order valence-corrected chi connectivity index (χ0v) is 13.7. The van der Waals surface area contributed by atoms with E-state index in [1.54, 1.807) is 0 Å². The Labute approximate surface area is 134 Å². The van der Waals surface area contributed by atoms with Crippen molar-refractivity contribution in [1.29, 1.82) is 0 Å². The van der Waals surface area contributed by atoms with E-state index in [0.29, 0.717) is 12.5 Å². The predicted molar refractivity (Wildman–Crippen MR) is 81.7 cm³/mol. The van der Waals surface area contributed by atoms with Crippen molar-refractivity contribution in [3.05, 3.63) is 23.2 Å². The van der Waals surface area contributed by atoms with Gasteiger partial charge < -0.3 is 9.84 Å². The van der Waals surface area contributed by atoms with Gasteiger partial charge in [0.1, 0.15) is 16.7 Å². The van der Waals surface area contributed by atoms with Gasteiger partial charge in [0.2, 0.25) is 10.0 Å². The molecule has 1 aromatic carbocycles. The van der Waals surface area contributed by atoms with E-state index < -0.39 is 22.0 Å². The van der Waals surface area contributed by atoms with Gasteiger partial charge in [-0.2, -0.15) is 4.72 Å². The molecular formula is C14H18ClNO5S. The van der Waals surface area contributed by atoms with Crippen LogP contribution in [0.3, 0.4) is 0 Å². The zero-order chi connectivity index (χ0) is 16.3. The maximum atomic E-state index is 12.3. The van der Waals surface area contributed by atoms with Gasteiger partial charge in [-0.15, -0.1) is 0 Å². The molecule has 1 aromatic rings. The highest BCUT2D eigenvalue weighted by atomic mass is 35.5. The van der Waals surface area contributed by atoms with Crippen molar-refractivity contribution in [3.8, 4) is 5.75 Å². The van der Waals surface area contributed by atoms with Crippen LogP contribution < -0.4 is 9.46 Å². The van der Waals surface area contributed by atoms with Gasteiger partial charge in [-0.05, 0) is 43.9 Å². The van der Waals surface area contributed by atoms with E-state index in [9.17, 15) is 13.2 Å². The Hall–Kier alpha value is -1.31. The summed E-state index contributed by atoms with van der Waals surface area (Å²) in [4.78, 5) is 10.7. The van der Waals surface area contributed by atoms with Crippen LogP contribution in [0.25, 0.3) is 0 Å². The van der Waals surface area contributed by atoms with Crippen LogP contribution in [-0.4, -0.2) is 32.1 Å². The van der Waals surface area contributed by atoms with Crippen LogP contribution in [0.1, 0.15) is 26.2 Å². The molecule has 0 aliphatic heterocycles. The van der Waals surface area contributed by atoms with Crippen molar-refractivity contribution in [2.24, 2.45) is 5.92 Å². The number of ether oxygens (including phenoxy) is 1. The monoisotopic (exact) mass is 347 g/mol. The first-order chi connectivity index (χ1) is 10.3. The number of benzene rings is 1. The fourth-order valence-corrected chi connectivity index (χ4v) is 3.63. The van der Waals surface area contributed by atoms with Crippen LogP contribution in [0.2, 0.25) is 5.02 Å². The summed E-state index contributed by atoms with van der Waals surface area (Å²) < 4.78 is 32.4. The van der Waals surface area contributed by atoms with E-state index in [1.807, 2.05) is 0 Å². The van der Waals surface area contributed by atoms with E-state index in [1.165, 1.54) is 25.1 Å². The van der Waals surface area contributed by atoms with E-state index in [4.69, 9.17) is 21.4 Å². The van der Waals surface area contributed by atoms with Gasteiger partial charge >= 0.3 is 5.97 Å². The number of carboxylic acid groups (broad SMARTS) is 1. The van der Waals surface area contributed by atoms with Gasteiger partial charge in [0.05, 0.1) is 6.61 Å². The van der Waals surface area contributed by atoms with Crippen LogP contribution in [0, 0.1) is 5.92 Å². The molecule has 8 heteroatoms. The topological polar surface area (TPSA) is 92.7 Å². The number of hydrogen-bond donors (Lipinski definition) is 2. The van der Waals surface area contributed by atoms with Gasteiger partial charge in [-0.3, -0.25) is 4.79 Å². The smallest absolute Gasteiger partial charge is 0.321 e. The minimum Gasteiger partial charge on any atom is -0.492 e. The molecule has 1 aliphatic carbocycles. The highest BCUT2D eigenvalue weighted by molar-refractivity contribution is 7.89. The molecule has 0 radical (unpaired) electrons. The average Bonchev–Trinajstić information content (AvgIpc) is 2.37. The molecule has 122 valence electrons. The molecule has 2 rings (SSSR count). The molecule has 0 aromatic heterocycles. The molecule has 0 amide bonds.